The molecule has 25 heavy (non-hydrogen) atoms. The van der Waals surface area contributed by atoms with Crippen LogP contribution in [-0.2, 0) is 14.3 Å². The molecule has 0 radical (unpaired) electrons. The number of para-hydroxylation sites is 1. The third-order valence-electron chi connectivity index (χ3n) is 2.98. The summed E-state index contributed by atoms with van der Waals surface area (Å²) in [7, 11) is 1.47. The van der Waals surface area contributed by atoms with Gasteiger partial charge in [-0.15, -0.1) is 0 Å². The highest BCUT2D eigenvalue weighted by Crippen LogP contribution is 2.27. The molecule has 1 amide bonds. The van der Waals surface area contributed by atoms with Crippen LogP contribution in [0.4, 0.5) is 10.1 Å². The number of amides is 1. The summed E-state index contributed by atoms with van der Waals surface area (Å²) >= 11 is 5.94. The van der Waals surface area contributed by atoms with Crippen LogP contribution < -0.4 is 14.8 Å². The number of halogens is 2. The van der Waals surface area contributed by atoms with Crippen molar-refractivity contribution in [2.75, 3.05) is 25.6 Å². The number of carbonyl (C=O) groups excluding carboxylic acids is 2. The van der Waals surface area contributed by atoms with E-state index in [0.29, 0.717) is 16.5 Å². The molecule has 0 fully saturated rings. The Labute approximate surface area is 148 Å². The van der Waals surface area contributed by atoms with Crippen molar-refractivity contribution in [3.63, 3.8) is 0 Å². The number of hydrogen-bond donors (Lipinski definition) is 1. The van der Waals surface area contributed by atoms with Crippen molar-refractivity contribution in [3.8, 4) is 11.5 Å². The van der Waals surface area contributed by atoms with Gasteiger partial charge in [0.15, 0.2) is 24.8 Å². The summed E-state index contributed by atoms with van der Waals surface area (Å²) in [5.74, 6) is -1.55. The van der Waals surface area contributed by atoms with E-state index in [-0.39, 0.29) is 5.75 Å². The lowest BCUT2D eigenvalue weighted by Crippen LogP contribution is -2.23. The Hall–Kier alpha value is -2.80. The number of hydrogen-bond acceptors (Lipinski definition) is 5. The molecule has 2 aromatic carbocycles. The predicted octanol–water partition coefficient (Wildman–Crippen LogP) is 3.05. The number of esters is 1. The van der Waals surface area contributed by atoms with Crippen molar-refractivity contribution in [3.05, 3.63) is 53.3 Å². The zero-order chi connectivity index (χ0) is 18.2. The second kappa shape index (κ2) is 8.89. The van der Waals surface area contributed by atoms with E-state index in [1.807, 2.05) is 0 Å². The summed E-state index contributed by atoms with van der Waals surface area (Å²) in [5.41, 5.74) is 0.425. The topological polar surface area (TPSA) is 73.9 Å². The molecular formula is C17H15ClFNO5. The first-order valence-corrected chi connectivity index (χ1v) is 7.53. The van der Waals surface area contributed by atoms with Crippen LogP contribution in [-0.4, -0.2) is 32.2 Å². The fraction of sp³-hybridized carbons (Fsp3) is 0.176. The molecular weight excluding hydrogens is 353 g/mol. The average molecular weight is 368 g/mol. The highest BCUT2D eigenvalue weighted by Gasteiger charge is 2.11. The van der Waals surface area contributed by atoms with Gasteiger partial charge < -0.3 is 19.5 Å². The van der Waals surface area contributed by atoms with Gasteiger partial charge in [-0.3, -0.25) is 4.79 Å². The second-order valence-corrected chi connectivity index (χ2v) is 5.18. The maximum Gasteiger partial charge on any atom is 0.344 e. The van der Waals surface area contributed by atoms with Crippen molar-refractivity contribution in [1.82, 2.24) is 0 Å². The summed E-state index contributed by atoms with van der Waals surface area (Å²) in [6.07, 6.45) is 0. The van der Waals surface area contributed by atoms with E-state index in [0.717, 1.165) is 0 Å². The molecule has 132 valence electrons. The van der Waals surface area contributed by atoms with Crippen molar-refractivity contribution in [2.24, 2.45) is 0 Å². The molecule has 0 aliphatic carbocycles. The first-order chi connectivity index (χ1) is 12.0. The predicted molar refractivity (Wildman–Crippen MR) is 89.5 cm³/mol. The van der Waals surface area contributed by atoms with E-state index >= 15 is 0 Å². The number of rotatable bonds is 7. The summed E-state index contributed by atoms with van der Waals surface area (Å²) in [6, 6.07) is 10.3. The van der Waals surface area contributed by atoms with Crippen LogP contribution in [0.2, 0.25) is 5.02 Å². The van der Waals surface area contributed by atoms with Crippen LogP contribution in [0.1, 0.15) is 0 Å². The zero-order valence-electron chi connectivity index (χ0n) is 13.3. The summed E-state index contributed by atoms with van der Waals surface area (Å²) < 4.78 is 28.1. The lowest BCUT2D eigenvalue weighted by Gasteiger charge is -2.09. The van der Waals surface area contributed by atoms with Crippen LogP contribution in [0.5, 0.6) is 11.5 Å². The van der Waals surface area contributed by atoms with Crippen LogP contribution >= 0.6 is 11.6 Å². The van der Waals surface area contributed by atoms with Gasteiger partial charge in [-0.05, 0) is 30.3 Å². The average Bonchev–Trinajstić information content (AvgIpc) is 2.59. The highest BCUT2D eigenvalue weighted by atomic mass is 35.5. The quantitative estimate of drug-likeness (QED) is 0.761. The Bertz CT molecular complexity index is 768. The molecule has 0 unspecified atom stereocenters. The molecule has 0 aliphatic rings. The number of anilines is 1. The third kappa shape index (κ3) is 5.65. The SMILES string of the molecule is COc1ccc(NC(=O)COC(=O)COc2ccccc2F)cc1Cl. The van der Waals surface area contributed by atoms with Gasteiger partial charge in [0.25, 0.3) is 5.91 Å². The Kier molecular flexibility index (Phi) is 6.59. The summed E-state index contributed by atoms with van der Waals surface area (Å²) in [4.78, 5) is 23.3. The normalized spacial score (nSPS) is 10.0. The van der Waals surface area contributed by atoms with Crippen LogP contribution in [0.3, 0.4) is 0 Å². The van der Waals surface area contributed by atoms with Crippen LogP contribution in [0, 0.1) is 5.82 Å². The van der Waals surface area contributed by atoms with Gasteiger partial charge in [-0.25, -0.2) is 9.18 Å². The molecule has 0 aliphatic heterocycles. The molecule has 0 spiro atoms. The van der Waals surface area contributed by atoms with Gasteiger partial charge in [-0.2, -0.15) is 0 Å². The Balaban J connectivity index is 1.76. The van der Waals surface area contributed by atoms with Gasteiger partial charge in [0.2, 0.25) is 0 Å². The number of ether oxygens (including phenoxy) is 3. The maximum atomic E-state index is 13.3. The second-order valence-electron chi connectivity index (χ2n) is 4.78. The standard InChI is InChI=1S/C17H15ClFNO5/c1-23-14-7-6-11(8-12(14)18)20-16(21)9-25-17(22)10-24-15-5-3-2-4-13(15)19/h2-8H,9-10H2,1H3,(H,20,21). The fourth-order valence-corrected chi connectivity index (χ4v) is 2.09. The van der Waals surface area contributed by atoms with Crippen molar-refractivity contribution < 1.29 is 28.2 Å². The lowest BCUT2D eigenvalue weighted by molar-refractivity contribution is -0.149. The van der Waals surface area contributed by atoms with E-state index in [1.54, 1.807) is 18.2 Å². The van der Waals surface area contributed by atoms with Crippen molar-refractivity contribution >= 4 is 29.2 Å². The number of benzene rings is 2. The molecule has 6 nitrogen and oxygen atoms in total. The molecule has 2 rings (SSSR count). The van der Waals surface area contributed by atoms with Gasteiger partial charge in [-0.1, -0.05) is 23.7 Å². The first-order valence-electron chi connectivity index (χ1n) is 7.16. The molecule has 8 heteroatoms. The van der Waals surface area contributed by atoms with E-state index in [4.69, 9.17) is 25.8 Å². The van der Waals surface area contributed by atoms with E-state index in [2.05, 4.69) is 5.32 Å². The minimum atomic E-state index is -0.800. The maximum absolute atomic E-state index is 13.3. The van der Waals surface area contributed by atoms with Gasteiger partial charge in [0, 0.05) is 5.69 Å². The van der Waals surface area contributed by atoms with E-state index in [1.165, 1.54) is 31.4 Å². The minimum Gasteiger partial charge on any atom is -0.495 e. The first kappa shape index (κ1) is 18.5. The van der Waals surface area contributed by atoms with Gasteiger partial charge in [0.1, 0.15) is 5.75 Å². The lowest BCUT2D eigenvalue weighted by atomic mass is 10.3. The van der Waals surface area contributed by atoms with Gasteiger partial charge in [0.05, 0.1) is 12.1 Å². The smallest absolute Gasteiger partial charge is 0.344 e. The van der Waals surface area contributed by atoms with Crippen LogP contribution in [0.25, 0.3) is 0 Å². The molecule has 0 heterocycles. The Morgan fingerprint density at radius 3 is 2.56 bits per heavy atom. The fourth-order valence-electron chi connectivity index (χ4n) is 1.83. The molecule has 0 aromatic heterocycles. The van der Waals surface area contributed by atoms with E-state index < -0.39 is 30.9 Å². The highest BCUT2D eigenvalue weighted by molar-refractivity contribution is 6.32. The third-order valence-corrected chi connectivity index (χ3v) is 3.28. The molecule has 0 bridgehead atoms. The number of methoxy groups -OCH3 is 1. The Morgan fingerprint density at radius 1 is 1.12 bits per heavy atom. The number of carbonyl (C=O) groups is 2. The molecule has 0 saturated heterocycles. The van der Waals surface area contributed by atoms with E-state index in [9.17, 15) is 14.0 Å². The monoisotopic (exact) mass is 367 g/mol. The molecule has 1 N–H and O–H groups in total. The van der Waals surface area contributed by atoms with Crippen molar-refractivity contribution in [1.29, 1.82) is 0 Å². The largest absolute Gasteiger partial charge is 0.495 e. The Morgan fingerprint density at radius 2 is 1.88 bits per heavy atom. The molecule has 0 atom stereocenters. The summed E-state index contributed by atoms with van der Waals surface area (Å²) in [5, 5.41) is 2.84. The molecule has 2 aromatic rings. The van der Waals surface area contributed by atoms with Crippen molar-refractivity contribution in [2.45, 2.75) is 0 Å². The molecule has 0 saturated carbocycles. The summed E-state index contributed by atoms with van der Waals surface area (Å²) in [6.45, 7) is -1.02. The van der Waals surface area contributed by atoms with Crippen LogP contribution in [0.15, 0.2) is 42.5 Å². The number of nitrogens with one attached hydrogen (secondary N) is 1. The zero-order valence-corrected chi connectivity index (χ0v) is 14.0. The minimum absolute atomic E-state index is 0.0724. The van der Waals surface area contributed by atoms with Gasteiger partial charge >= 0.3 is 5.97 Å².